The fraction of sp³-hybridized carbons (Fsp3) is 0.194. The van der Waals surface area contributed by atoms with Crippen LogP contribution in [0.1, 0.15) is 36.0 Å². The number of aromatic nitrogens is 4. The summed E-state index contributed by atoms with van der Waals surface area (Å²) < 4.78 is 2.22. The highest BCUT2D eigenvalue weighted by atomic mass is 16.3. The van der Waals surface area contributed by atoms with Crippen LogP contribution in [0.5, 0.6) is 0 Å². The molecular formula is C31H28N6O2. The number of hydrogen-bond donors (Lipinski definition) is 4. The lowest BCUT2D eigenvalue weighted by Crippen LogP contribution is -2.29. The number of carbonyl (C=O) groups is 1. The van der Waals surface area contributed by atoms with Crippen LogP contribution in [0.4, 0.5) is 5.69 Å². The van der Waals surface area contributed by atoms with Crippen LogP contribution in [0.15, 0.2) is 79.0 Å². The van der Waals surface area contributed by atoms with E-state index < -0.39 is 5.91 Å². The van der Waals surface area contributed by atoms with Gasteiger partial charge in [-0.15, -0.1) is 0 Å². The minimum atomic E-state index is -0.470. The van der Waals surface area contributed by atoms with Crippen LogP contribution in [0.25, 0.3) is 50.0 Å². The summed E-state index contributed by atoms with van der Waals surface area (Å²) >= 11 is 0. The van der Waals surface area contributed by atoms with Gasteiger partial charge in [0.1, 0.15) is 5.82 Å². The summed E-state index contributed by atoms with van der Waals surface area (Å²) in [5.41, 5.74) is 12.5. The number of nitrogens with two attached hydrogens (primary N) is 1. The molecule has 39 heavy (non-hydrogen) atoms. The third-order valence-electron chi connectivity index (χ3n) is 7.79. The average molecular weight is 517 g/mol. The molecule has 8 nitrogen and oxygen atoms in total. The Morgan fingerprint density at radius 3 is 2.62 bits per heavy atom. The first-order chi connectivity index (χ1) is 19.1. The zero-order chi connectivity index (χ0) is 26.5. The number of carbonyl (C=O) groups excluding carboxylic acids is 1. The Labute approximate surface area is 224 Å². The number of H-pyrrole nitrogens is 1. The summed E-state index contributed by atoms with van der Waals surface area (Å²) in [6.45, 7) is 0. The standard InChI is InChI=1S/C31H28N6O2/c32-29(39)21-15-12-19(17-25(21)34-18-10-13-20(38)14-11-18)37-26-8-2-1-5-22(26)28-23(6-3-9-27(28)37)30-35-24-7-4-16-33-31(24)36-30/h1-9,12,15-18,20,34,38H,10-11,13-14H2,(H2,32,39)(H,33,35,36). The van der Waals surface area contributed by atoms with E-state index in [2.05, 4.69) is 44.1 Å². The van der Waals surface area contributed by atoms with Crippen molar-refractivity contribution in [2.75, 3.05) is 5.32 Å². The third kappa shape index (κ3) is 4.00. The highest BCUT2D eigenvalue weighted by molar-refractivity contribution is 6.15. The first-order valence-electron chi connectivity index (χ1n) is 13.3. The number of aliphatic hydroxyl groups is 1. The normalized spacial score (nSPS) is 17.7. The van der Waals surface area contributed by atoms with Crippen molar-refractivity contribution in [3.8, 4) is 17.1 Å². The molecule has 8 heteroatoms. The lowest BCUT2D eigenvalue weighted by molar-refractivity contribution is 0.100. The first-order valence-corrected chi connectivity index (χ1v) is 13.3. The van der Waals surface area contributed by atoms with Crippen molar-refractivity contribution >= 4 is 44.6 Å². The van der Waals surface area contributed by atoms with Crippen LogP contribution < -0.4 is 11.1 Å². The van der Waals surface area contributed by atoms with Crippen molar-refractivity contribution in [2.45, 2.75) is 37.8 Å². The van der Waals surface area contributed by atoms with Crippen molar-refractivity contribution in [3.05, 3.63) is 84.6 Å². The van der Waals surface area contributed by atoms with Crippen LogP contribution in [-0.2, 0) is 0 Å². The van der Waals surface area contributed by atoms with Crippen molar-refractivity contribution in [1.82, 2.24) is 19.5 Å². The maximum absolute atomic E-state index is 12.3. The van der Waals surface area contributed by atoms with Gasteiger partial charge >= 0.3 is 0 Å². The number of primary amides is 1. The van der Waals surface area contributed by atoms with Gasteiger partial charge in [-0.05, 0) is 68.1 Å². The molecule has 0 aliphatic heterocycles. The Balaban J connectivity index is 1.41. The molecule has 1 aliphatic rings. The van der Waals surface area contributed by atoms with Gasteiger partial charge in [0.25, 0.3) is 5.91 Å². The number of para-hydroxylation sites is 1. The molecule has 0 saturated heterocycles. The molecule has 0 bridgehead atoms. The summed E-state index contributed by atoms with van der Waals surface area (Å²) in [5.74, 6) is 0.297. The number of aliphatic hydroxyl groups excluding tert-OH is 1. The quantitative estimate of drug-likeness (QED) is 0.240. The van der Waals surface area contributed by atoms with E-state index >= 15 is 0 Å². The molecule has 1 aliphatic carbocycles. The van der Waals surface area contributed by atoms with Gasteiger partial charge in [0.2, 0.25) is 0 Å². The minimum Gasteiger partial charge on any atom is -0.393 e. The molecule has 7 rings (SSSR count). The first kappa shape index (κ1) is 23.4. The van der Waals surface area contributed by atoms with Gasteiger partial charge < -0.3 is 25.7 Å². The van der Waals surface area contributed by atoms with Gasteiger partial charge in [0.15, 0.2) is 5.65 Å². The highest BCUT2D eigenvalue weighted by Gasteiger charge is 2.22. The lowest BCUT2D eigenvalue weighted by atomic mass is 9.92. The minimum absolute atomic E-state index is 0.174. The molecule has 6 aromatic rings. The molecular weight excluding hydrogens is 488 g/mol. The average Bonchev–Trinajstić information content (AvgIpc) is 3.53. The molecule has 0 spiro atoms. The number of hydrogen-bond acceptors (Lipinski definition) is 5. The van der Waals surface area contributed by atoms with Crippen LogP contribution in [0, 0.1) is 0 Å². The molecule has 194 valence electrons. The summed E-state index contributed by atoms with van der Waals surface area (Å²) in [6, 6.07) is 24.3. The monoisotopic (exact) mass is 516 g/mol. The number of anilines is 1. The smallest absolute Gasteiger partial charge is 0.250 e. The second-order valence-corrected chi connectivity index (χ2v) is 10.3. The van der Waals surface area contributed by atoms with E-state index in [0.29, 0.717) is 16.9 Å². The Hall–Kier alpha value is -4.69. The third-order valence-corrected chi connectivity index (χ3v) is 7.79. The van der Waals surface area contributed by atoms with E-state index in [4.69, 9.17) is 10.7 Å². The van der Waals surface area contributed by atoms with Crippen molar-refractivity contribution in [2.24, 2.45) is 5.73 Å². The van der Waals surface area contributed by atoms with Gasteiger partial charge in [-0.1, -0.05) is 30.3 Å². The molecule has 1 fully saturated rings. The highest BCUT2D eigenvalue weighted by Crippen LogP contribution is 2.38. The zero-order valence-electron chi connectivity index (χ0n) is 21.3. The number of pyridine rings is 1. The zero-order valence-corrected chi connectivity index (χ0v) is 21.3. The van der Waals surface area contributed by atoms with Crippen molar-refractivity contribution in [1.29, 1.82) is 0 Å². The Kier molecular flexibility index (Phi) is 5.56. The van der Waals surface area contributed by atoms with Crippen LogP contribution in [0.3, 0.4) is 0 Å². The number of rotatable bonds is 5. The van der Waals surface area contributed by atoms with Crippen LogP contribution in [0.2, 0.25) is 0 Å². The number of benzene rings is 3. The number of nitrogens with zero attached hydrogens (tertiary/aromatic N) is 3. The van der Waals surface area contributed by atoms with Gasteiger partial charge in [-0.25, -0.2) is 9.97 Å². The van der Waals surface area contributed by atoms with E-state index in [9.17, 15) is 9.90 Å². The van der Waals surface area contributed by atoms with E-state index in [1.165, 1.54) is 0 Å². The molecule has 0 atom stereocenters. The molecule has 3 heterocycles. The van der Waals surface area contributed by atoms with Crippen molar-refractivity contribution in [3.63, 3.8) is 0 Å². The summed E-state index contributed by atoms with van der Waals surface area (Å²) in [5, 5.41) is 15.7. The van der Waals surface area contributed by atoms with Gasteiger partial charge in [-0.2, -0.15) is 0 Å². The molecule has 0 unspecified atom stereocenters. The lowest BCUT2D eigenvalue weighted by Gasteiger charge is -2.28. The Bertz CT molecular complexity index is 1830. The number of aromatic amines is 1. The summed E-state index contributed by atoms with van der Waals surface area (Å²) in [4.78, 5) is 24.9. The predicted molar refractivity (Wildman–Crippen MR) is 154 cm³/mol. The molecule has 5 N–H and O–H groups in total. The fourth-order valence-electron chi connectivity index (χ4n) is 5.91. The van der Waals surface area contributed by atoms with Gasteiger partial charge in [0.05, 0.1) is 28.2 Å². The van der Waals surface area contributed by atoms with E-state index in [-0.39, 0.29) is 12.1 Å². The van der Waals surface area contributed by atoms with Gasteiger partial charge in [0, 0.05) is 39.9 Å². The fourth-order valence-corrected chi connectivity index (χ4v) is 5.91. The molecule has 1 amide bonds. The van der Waals surface area contributed by atoms with Crippen molar-refractivity contribution < 1.29 is 9.90 Å². The Morgan fingerprint density at radius 1 is 0.974 bits per heavy atom. The molecule has 3 aromatic heterocycles. The largest absolute Gasteiger partial charge is 0.393 e. The number of amides is 1. The maximum atomic E-state index is 12.3. The molecule has 3 aromatic carbocycles. The topological polar surface area (TPSA) is 122 Å². The van der Waals surface area contributed by atoms with Crippen LogP contribution in [-0.4, -0.2) is 42.7 Å². The van der Waals surface area contributed by atoms with E-state index in [1.54, 1.807) is 12.3 Å². The second-order valence-electron chi connectivity index (χ2n) is 10.3. The maximum Gasteiger partial charge on any atom is 0.250 e. The number of nitrogens with one attached hydrogen (secondary N) is 2. The SMILES string of the molecule is NC(=O)c1ccc(-n2c3ccccc3c3c(-c4nc5ncccc5[nH]4)cccc32)cc1NC1CCC(O)CC1. The molecule has 1 saturated carbocycles. The summed E-state index contributed by atoms with van der Waals surface area (Å²) in [7, 11) is 0. The number of fused-ring (bicyclic) bond motifs is 4. The van der Waals surface area contributed by atoms with Gasteiger partial charge in [-0.3, -0.25) is 4.79 Å². The van der Waals surface area contributed by atoms with Crippen LogP contribution >= 0.6 is 0 Å². The Morgan fingerprint density at radius 2 is 1.79 bits per heavy atom. The molecule has 0 radical (unpaired) electrons. The number of imidazole rings is 1. The van der Waals surface area contributed by atoms with E-state index in [0.717, 1.165) is 70.1 Å². The predicted octanol–water partition coefficient (Wildman–Crippen LogP) is 5.54. The second kappa shape index (κ2) is 9.25. The summed E-state index contributed by atoms with van der Waals surface area (Å²) in [6.07, 6.45) is 4.67. The van der Waals surface area contributed by atoms with E-state index in [1.807, 2.05) is 42.5 Å².